The van der Waals surface area contributed by atoms with Crippen LogP contribution in [-0.2, 0) is 4.79 Å². The van der Waals surface area contributed by atoms with Crippen molar-refractivity contribution in [1.29, 1.82) is 0 Å². The van der Waals surface area contributed by atoms with E-state index in [0.29, 0.717) is 10.6 Å². The molecule has 2 aliphatic rings. The van der Waals surface area contributed by atoms with Crippen LogP contribution in [-0.4, -0.2) is 52.5 Å². The van der Waals surface area contributed by atoms with Gasteiger partial charge in [-0.25, -0.2) is 9.37 Å². The number of rotatable bonds is 6. The van der Waals surface area contributed by atoms with E-state index in [9.17, 15) is 9.18 Å². The fourth-order valence-corrected chi connectivity index (χ4v) is 5.30. The van der Waals surface area contributed by atoms with E-state index in [2.05, 4.69) is 33.4 Å². The predicted molar refractivity (Wildman–Crippen MR) is 130 cm³/mol. The van der Waals surface area contributed by atoms with Crippen LogP contribution in [0.2, 0.25) is 5.02 Å². The van der Waals surface area contributed by atoms with E-state index in [1.807, 2.05) is 17.6 Å². The minimum atomic E-state index is -0.385. The van der Waals surface area contributed by atoms with E-state index in [0.717, 1.165) is 68.3 Å². The molecule has 5 nitrogen and oxygen atoms in total. The number of aromatic nitrogens is 2. The second-order valence-corrected chi connectivity index (χ2v) is 9.65. The lowest BCUT2D eigenvalue weighted by atomic mass is 9.95. The van der Waals surface area contributed by atoms with E-state index < -0.39 is 0 Å². The van der Waals surface area contributed by atoms with Gasteiger partial charge in [-0.2, -0.15) is 0 Å². The minimum absolute atomic E-state index is 0.211. The lowest BCUT2D eigenvalue weighted by molar-refractivity contribution is -0.113. The van der Waals surface area contributed by atoms with Gasteiger partial charge in [-0.15, -0.1) is 0 Å². The number of fused-ring (bicyclic) bond motifs is 1. The molecule has 3 heterocycles. The highest BCUT2D eigenvalue weighted by Crippen LogP contribution is 2.30. The second-order valence-electron chi connectivity index (χ2n) is 9.22. The topological polar surface area (TPSA) is 50.2 Å². The molecule has 0 aliphatic carbocycles. The molecule has 33 heavy (non-hydrogen) atoms. The fraction of sp³-hybridized carbons (Fsp3) is 0.385. The Labute approximate surface area is 198 Å². The highest BCUT2D eigenvalue weighted by molar-refractivity contribution is 6.30. The summed E-state index contributed by atoms with van der Waals surface area (Å²) in [6.07, 6.45) is 8.03. The maximum absolute atomic E-state index is 14.5. The summed E-state index contributed by atoms with van der Waals surface area (Å²) in [5, 5.41) is 3.78. The molecule has 7 heteroatoms. The van der Waals surface area contributed by atoms with Gasteiger partial charge in [0, 0.05) is 30.2 Å². The molecule has 2 unspecified atom stereocenters. The molecule has 1 aromatic heterocycles. The fourth-order valence-electron chi connectivity index (χ4n) is 5.14. The molecule has 1 fully saturated rings. The zero-order chi connectivity index (χ0) is 23.0. The monoisotopic (exact) mass is 466 g/mol. The summed E-state index contributed by atoms with van der Waals surface area (Å²) < 4.78 is 16.6. The molecule has 1 saturated heterocycles. The van der Waals surface area contributed by atoms with Crippen LogP contribution in [0.4, 0.5) is 4.39 Å². The standard InChI is InChI=1S/C26H28ClFN4O/c1-18(22-5-4-21(27)14-23(22)28)32-17-29-24-6-3-20(13-25(24)32)19-7-11-31(12-8-19)15-26(16-33)9-2-10-30-26/h3-7,13-14,16-18,30H,2,8-12,15H2,1H3. The highest BCUT2D eigenvalue weighted by atomic mass is 35.5. The number of carbonyl (C=O) groups is 1. The first-order chi connectivity index (χ1) is 16.0. The number of nitrogens with one attached hydrogen (secondary N) is 1. The third-order valence-electron chi connectivity index (χ3n) is 7.08. The van der Waals surface area contributed by atoms with Crippen LogP contribution in [0.5, 0.6) is 0 Å². The summed E-state index contributed by atoms with van der Waals surface area (Å²) in [5.74, 6) is -0.312. The number of nitrogens with zero attached hydrogens (tertiary/aromatic N) is 3. The summed E-state index contributed by atoms with van der Waals surface area (Å²) in [6.45, 7) is 5.40. The van der Waals surface area contributed by atoms with E-state index in [-0.39, 0.29) is 17.4 Å². The Bertz CT molecular complexity index is 1210. The third kappa shape index (κ3) is 4.35. The number of aldehydes is 1. The van der Waals surface area contributed by atoms with Crippen LogP contribution in [0, 0.1) is 5.82 Å². The second kappa shape index (κ2) is 9.01. The summed E-state index contributed by atoms with van der Waals surface area (Å²) in [6, 6.07) is 10.9. The summed E-state index contributed by atoms with van der Waals surface area (Å²) >= 11 is 5.93. The normalized spacial score (nSPS) is 22.5. The Kier molecular flexibility index (Phi) is 6.08. The minimum Gasteiger partial charge on any atom is -0.323 e. The van der Waals surface area contributed by atoms with Crippen molar-refractivity contribution < 1.29 is 9.18 Å². The molecule has 5 rings (SSSR count). The smallest absolute Gasteiger partial charge is 0.141 e. The number of halogens is 2. The number of hydrogen-bond acceptors (Lipinski definition) is 4. The van der Waals surface area contributed by atoms with Crippen molar-refractivity contribution in [2.24, 2.45) is 0 Å². The highest BCUT2D eigenvalue weighted by Gasteiger charge is 2.35. The maximum atomic E-state index is 14.5. The van der Waals surface area contributed by atoms with E-state index in [4.69, 9.17) is 11.6 Å². The quantitative estimate of drug-likeness (QED) is 0.528. The van der Waals surface area contributed by atoms with Crippen molar-refractivity contribution in [3.05, 3.63) is 70.8 Å². The molecule has 2 atom stereocenters. The van der Waals surface area contributed by atoms with E-state index in [1.165, 1.54) is 11.6 Å². The molecule has 0 spiro atoms. The Morgan fingerprint density at radius 1 is 1.30 bits per heavy atom. The number of hydrogen-bond donors (Lipinski definition) is 1. The molecule has 0 amide bonds. The van der Waals surface area contributed by atoms with Crippen molar-refractivity contribution in [2.75, 3.05) is 26.2 Å². The van der Waals surface area contributed by atoms with Gasteiger partial charge in [0.2, 0.25) is 0 Å². The van der Waals surface area contributed by atoms with Gasteiger partial charge < -0.3 is 14.7 Å². The first-order valence-electron chi connectivity index (χ1n) is 11.5. The average Bonchev–Trinajstić information content (AvgIpc) is 3.46. The Balaban J connectivity index is 1.38. The van der Waals surface area contributed by atoms with Gasteiger partial charge in [-0.05, 0) is 68.1 Å². The van der Waals surface area contributed by atoms with Crippen molar-refractivity contribution in [3.63, 3.8) is 0 Å². The first-order valence-corrected chi connectivity index (χ1v) is 11.9. The lowest BCUT2D eigenvalue weighted by Gasteiger charge is -2.33. The van der Waals surface area contributed by atoms with Gasteiger partial charge in [0.05, 0.1) is 28.9 Å². The molecule has 3 aromatic rings. The van der Waals surface area contributed by atoms with Crippen molar-refractivity contribution >= 4 is 34.5 Å². The Hall–Kier alpha value is -2.54. The van der Waals surface area contributed by atoms with Gasteiger partial charge >= 0.3 is 0 Å². The molecule has 2 aromatic carbocycles. The molecule has 2 aliphatic heterocycles. The number of carbonyl (C=O) groups excluding carboxylic acids is 1. The van der Waals surface area contributed by atoms with Crippen molar-refractivity contribution in [1.82, 2.24) is 19.8 Å². The molecular weight excluding hydrogens is 439 g/mol. The van der Waals surface area contributed by atoms with Crippen LogP contribution in [0.15, 0.2) is 48.8 Å². The first kappa shape index (κ1) is 22.3. The predicted octanol–water partition coefficient (Wildman–Crippen LogP) is 4.85. The largest absolute Gasteiger partial charge is 0.323 e. The lowest BCUT2D eigenvalue weighted by Crippen LogP contribution is -2.52. The van der Waals surface area contributed by atoms with Crippen LogP contribution in [0.25, 0.3) is 16.6 Å². The van der Waals surface area contributed by atoms with Crippen LogP contribution in [0.3, 0.4) is 0 Å². The molecule has 1 N–H and O–H groups in total. The number of imidazole rings is 1. The van der Waals surface area contributed by atoms with Crippen LogP contribution in [0.1, 0.15) is 43.4 Å². The molecule has 172 valence electrons. The van der Waals surface area contributed by atoms with Gasteiger partial charge in [0.15, 0.2) is 0 Å². The summed E-state index contributed by atoms with van der Waals surface area (Å²) in [4.78, 5) is 18.6. The molecule has 0 radical (unpaired) electrons. The van der Waals surface area contributed by atoms with Crippen LogP contribution >= 0.6 is 11.6 Å². The average molecular weight is 467 g/mol. The molecule has 0 saturated carbocycles. The summed E-state index contributed by atoms with van der Waals surface area (Å²) in [7, 11) is 0. The van der Waals surface area contributed by atoms with Gasteiger partial charge in [-0.1, -0.05) is 29.8 Å². The zero-order valence-corrected chi connectivity index (χ0v) is 19.5. The van der Waals surface area contributed by atoms with E-state index >= 15 is 0 Å². The third-order valence-corrected chi connectivity index (χ3v) is 7.31. The molecular formula is C26H28ClFN4O. The van der Waals surface area contributed by atoms with Gasteiger partial charge in [-0.3, -0.25) is 4.90 Å². The van der Waals surface area contributed by atoms with Crippen LogP contribution < -0.4 is 5.32 Å². The Morgan fingerprint density at radius 3 is 2.88 bits per heavy atom. The van der Waals surface area contributed by atoms with E-state index in [1.54, 1.807) is 18.5 Å². The van der Waals surface area contributed by atoms with Gasteiger partial charge in [0.25, 0.3) is 0 Å². The Morgan fingerprint density at radius 2 is 2.18 bits per heavy atom. The zero-order valence-electron chi connectivity index (χ0n) is 18.7. The van der Waals surface area contributed by atoms with Crippen molar-refractivity contribution in [2.45, 2.75) is 37.8 Å². The maximum Gasteiger partial charge on any atom is 0.141 e. The number of benzene rings is 2. The van der Waals surface area contributed by atoms with Gasteiger partial charge in [0.1, 0.15) is 12.1 Å². The molecule has 0 bridgehead atoms. The SMILES string of the molecule is CC(c1ccc(Cl)cc1F)n1cnc2ccc(C3=CCN(CC4(C=O)CCCN4)CC3)cc21. The summed E-state index contributed by atoms with van der Waals surface area (Å²) in [5.41, 5.74) is 4.53. The van der Waals surface area contributed by atoms with Crippen molar-refractivity contribution in [3.8, 4) is 0 Å².